The average Bonchev–Trinajstić information content (AvgIpc) is 3.20. The molecule has 4 rings (SSSR count). The first-order valence-corrected chi connectivity index (χ1v) is 12.1. The molecule has 1 aliphatic carbocycles. The van der Waals surface area contributed by atoms with Crippen molar-refractivity contribution < 1.29 is 37.3 Å². The van der Waals surface area contributed by atoms with E-state index in [-0.39, 0.29) is 17.9 Å². The highest BCUT2D eigenvalue weighted by atomic mass is 32.2. The second-order valence-corrected chi connectivity index (χ2v) is 9.55. The SMILES string of the molecule is COc1cc2c(CCC(=O)O)cn(S(=O)(=O)C3=COC=C(CC4=CC=CCC4)O3)c2cc1OC. The van der Waals surface area contributed by atoms with Gasteiger partial charge < -0.3 is 24.1 Å². The number of aliphatic carboxylic acids is 1. The third kappa shape index (κ3) is 4.67. The van der Waals surface area contributed by atoms with Crippen LogP contribution in [0.1, 0.15) is 31.2 Å². The molecule has 9 nitrogen and oxygen atoms in total. The summed E-state index contributed by atoms with van der Waals surface area (Å²) >= 11 is 0. The molecule has 0 spiro atoms. The molecule has 1 N–H and O–H groups in total. The molecule has 0 saturated heterocycles. The summed E-state index contributed by atoms with van der Waals surface area (Å²) < 4.78 is 50.0. The van der Waals surface area contributed by atoms with Crippen molar-refractivity contribution in [1.29, 1.82) is 0 Å². The van der Waals surface area contributed by atoms with Crippen LogP contribution in [-0.4, -0.2) is 37.7 Å². The van der Waals surface area contributed by atoms with Crippen molar-refractivity contribution in [1.82, 2.24) is 3.97 Å². The molecule has 2 aromatic rings. The fourth-order valence-electron chi connectivity index (χ4n) is 3.88. The average molecular weight is 488 g/mol. The van der Waals surface area contributed by atoms with Crippen LogP contribution in [0.4, 0.5) is 0 Å². The molecule has 0 amide bonds. The van der Waals surface area contributed by atoms with Crippen LogP contribution in [-0.2, 0) is 30.7 Å². The quantitative estimate of drug-likeness (QED) is 0.560. The highest BCUT2D eigenvalue weighted by Crippen LogP contribution is 2.37. The maximum absolute atomic E-state index is 13.6. The van der Waals surface area contributed by atoms with E-state index in [0.717, 1.165) is 28.6 Å². The Bertz CT molecular complexity index is 1340. The van der Waals surface area contributed by atoms with Crippen LogP contribution in [0.25, 0.3) is 10.9 Å². The zero-order valence-electron chi connectivity index (χ0n) is 18.8. The maximum Gasteiger partial charge on any atom is 0.304 e. The number of aromatic nitrogens is 1. The van der Waals surface area contributed by atoms with Gasteiger partial charge in [-0.25, -0.2) is 3.97 Å². The molecular weight excluding hydrogens is 462 g/mol. The Morgan fingerprint density at radius 3 is 2.62 bits per heavy atom. The normalized spacial score (nSPS) is 15.6. The van der Waals surface area contributed by atoms with Gasteiger partial charge in [0.1, 0.15) is 18.3 Å². The summed E-state index contributed by atoms with van der Waals surface area (Å²) in [7, 11) is -1.29. The third-order valence-corrected chi connectivity index (χ3v) is 7.08. The van der Waals surface area contributed by atoms with Gasteiger partial charge in [-0.15, -0.1) is 0 Å². The maximum atomic E-state index is 13.6. The predicted octanol–water partition coefficient (Wildman–Crippen LogP) is 4.21. The van der Waals surface area contributed by atoms with Crippen molar-refractivity contribution >= 4 is 26.9 Å². The van der Waals surface area contributed by atoms with Crippen LogP contribution in [0, 0.1) is 0 Å². The summed E-state index contributed by atoms with van der Waals surface area (Å²) in [6.45, 7) is 0. The van der Waals surface area contributed by atoms with E-state index in [4.69, 9.17) is 24.1 Å². The highest BCUT2D eigenvalue weighted by molar-refractivity contribution is 7.93. The summed E-state index contributed by atoms with van der Waals surface area (Å²) in [5, 5.41) is 9.30. The number of ether oxygens (including phenoxy) is 4. The van der Waals surface area contributed by atoms with Gasteiger partial charge in [0.05, 0.1) is 19.7 Å². The smallest absolute Gasteiger partial charge is 0.304 e. The number of methoxy groups -OCH3 is 2. The molecule has 0 radical (unpaired) electrons. The lowest BCUT2D eigenvalue weighted by atomic mass is 10.0. The van der Waals surface area contributed by atoms with E-state index in [0.29, 0.717) is 40.1 Å². The second-order valence-electron chi connectivity index (χ2n) is 7.80. The van der Waals surface area contributed by atoms with Gasteiger partial charge in [-0.2, -0.15) is 8.42 Å². The molecule has 1 aromatic carbocycles. The summed E-state index contributed by atoms with van der Waals surface area (Å²) in [6, 6.07) is 3.18. The van der Waals surface area contributed by atoms with E-state index < -0.39 is 16.0 Å². The molecule has 34 heavy (non-hydrogen) atoms. The van der Waals surface area contributed by atoms with Gasteiger partial charge in [0.25, 0.3) is 5.09 Å². The van der Waals surface area contributed by atoms with Crippen molar-refractivity contribution in [3.8, 4) is 11.5 Å². The Morgan fingerprint density at radius 1 is 1.18 bits per heavy atom. The van der Waals surface area contributed by atoms with Crippen LogP contribution in [0.5, 0.6) is 11.5 Å². The fourth-order valence-corrected chi connectivity index (χ4v) is 5.14. The molecule has 2 aliphatic rings. The van der Waals surface area contributed by atoms with E-state index >= 15 is 0 Å². The van der Waals surface area contributed by atoms with E-state index in [1.807, 2.05) is 12.2 Å². The largest absolute Gasteiger partial charge is 0.493 e. The first-order valence-electron chi connectivity index (χ1n) is 10.6. The number of nitrogens with zero attached hydrogens (tertiary/aromatic N) is 1. The molecule has 0 fully saturated rings. The third-order valence-electron chi connectivity index (χ3n) is 5.58. The molecule has 1 aromatic heterocycles. The van der Waals surface area contributed by atoms with Gasteiger partial charge >= 0.3 is 16.0 Å². The molecule has 0 unspecified atom stereocenters. The van der Waals surface area contributed by atoms with Crippen LogP contribution in [0.3, 0.4) is 0 Å². The van der Waals surface area contributed by atoms with Crippen LogP contribution in [0.2, 0.25) is 0 Å². The zero-order valence-corrected chi connectivity index (χ0v) is 19.6. The molecule has 1 aliphatic heterocycles. The molecule has 2 heterocycles. The van der Waals surface area contributed by atoms with Crippen LogP contribution < -0.4 is 9.47 Å². The molecule has 10 heteroatoms. The van der Waals surface area contributed by atoms with E-state index in [9.17, 15) is 13.2 Å². The monoisotopic (exact) mass is 487 g/mol. The number of rotatable bonds is 9. The number of fused-ring (bicyclic) bond motifs is 1. The summed E-state index contributed by atoms with van der Waals surface area (Å²) in [6.07, 6.45) is 12.0. The first-order chi connectivity index (χ1) is 16.3. The molecule has 180 valence electrons. The number of benzene rings is 1. The number of carboxylic acid groups (broad SMARTS) is 1. The lowest BCUT2D eigenvalue weighted by molar-refractivity contribution is -0.136. The lowest BCUT2D eigenvalue weighted by Crippen LogP contribution is -2.18. The molecular formula is C24H25NO8S. The lowest BCUT2D eigenvalue weighted by Gasteiger charge is -2.19. The second kappa shape index (κ2) is 9.68. The first kappa shape index (κ1) is 23.5. The number of hydrogen-bond acceptors (Lipinski definition) is 7. The zero-order chi connectivity index (χ0) is 24.3. The number of hydrogen-bond donors (Lipinski definition) is 1. The minimum absolute atomic E-state index is 0.132. The Morgan fingerprint density at radius 2 is 1.94 bits per heavy atom. The van der Waals surface area contributed by atoms with Crippen molar-refractivity contribution in [2.75, 3.05) is 14.2 Å². The van der Waals surface area contributed by atoms with E-state index in [1.165, 1.54) is 32.7 Å². The Kier molecular flexibility index (Phi) is 6.69. The number of carbonyl (C=O) groups is 1. The number of aryl methyl sites for hydroxylation is 1. The Balaban J connectivity index is 1.72. The molecule has 0 bridgehead atoms. The Hall–Kier alpha value is -3.66. The summed E-state index contributed by atoms with van der Waals surface area (Å²) in [5.74, 6) is 0.127. The minimum atomic E-state index is -4.21. The van der Waals surface area contributed by atoms with E-state index in [1.54, 1.807) is 6.07 Å². The van der Waals surface area contributed by atoms with Gasteiger partial charge in [-0.3, -0.25) is 4.79 Å². The van der Waals surface area contributed by atoms with Crippen molar-refractivity contribution in [2.24, 2.45) is 0 Å². The topological polar surface area (TPSA) is 113 Å². The molecule has 0 atom stereocenters. The van der Waals surface area contributed by atoms with Crippen molar-refractivity contribution in [2.45, 2.75) is 32.1 Å². The minimum Gasteiger partial charge on any atom is -0.493 e. The van der Waals surface area contributed by atoms with Crippen LogP contribution >= 0.6 is 0 Å². The van der Waals surface area contributed by atoms with Crippen LogP contribution in [0.15, 0.2) is 65.5 Å². The summed E-state index contributed by atoms with van der Waals surface area (Å²) in [5.41, 5.74) is 1.95. The summed E-state index contributed by atoms with van der Waals surface area (Å²) in [4.78, 5) is 11.2. The van der Waals surface area contributed by atoms with Gasteiger partial charge in [0.15, 0.2) is 11.5 Å². The number of allylic oxidation sites excluding steroid dienone is 4. The highest BCUT2D eigenvalue weighted by Gasteiger charge is 2.30. The standard InChI is InChI=1S/C24H25NO8S/c1-30-21-11-19-17(8-9-23(26)27)13-25(20(19)12-22(21)31-2)34(28,29)24-15-32-14-18(33-24)10-16-6-4-3-5-7-16/h3-4,6,11-15H,5,7-10H2,1-2H3,(H,26,27). The van der Waals surface area contributed by atoms with Gasteiger partial charge in [0, 0.05) is 30.5 Å². The van der Waals surface area contributed by atoms with Gasteiger partial charge in [-0.1, -0.05) is 23.8 Å². The predicted molar refractivity (Wildman–Crippen MR) is 125 cm³/mol. The Labute approximate surface area is 197 Å². The molecule has 0 saturated carbocycles. The fraction of sp³-hybridized carbons (Fsp3) is 0.292. The van der Waals surface area contributed by atoms with Gasteiger partial charge in [-0.05, 0) is 30.9 Å². The van der Waals surface area contributed by atoms with Crippen molar-refractivity contribution in [3.05, 3.63) is 71.1 Å². The van der Waals surface area contributed by atoms with E-state index in [2.05, 4.69) is 6.08 Å². The number of carboxylic acids is 1. The van der Waals surface area contributed by atoms with Gasteiger partial charge in [0.2, 0.25) is 0 Å². The van der Waals surface area contributed by atoms with Crippen molar-refractivity contribution in [3.63, 3.8) is 0 Å².